The second-order valence-electron chi connectivity index (χ2n) is 3.63. The Kier molecular flexibility index (Phi) is 3.26. The van der Waals surface area contributed by atoms with Gasteiger partial charge in [0.05, 0.1) is 19.3 Å². The predicted octanol–water partition coefficient (Wildman–Crippen LogP) is 2.15. The molecule has 70 valence electrons. The van der Waals surface area contributed by atoms with Gasteiger partial charge in [-0.05, 0) is 12.8 Å². The molecule has 2 rings (SSSR count). The molecule has 0 spiro atoms. The molecule has 2 unspecified atom stereocenters. The topological polar surface area (TPSA) is 18.5 Å². The third-order valence-electron chi connectivity index (χ3n) is 2.60. The standard InChI is InChI=1S/C9H15IO2/c10-8-3-1-2-4-9(8)12-7-5-11-6-7/h7-9H,1-6H2. The van der Waals surface area contributed by atoms with Gasteiger partial charge >= 0.3 is 0 Å². The number of rotatable bonds is 2. The lowest BCUT2D eigenvalue weighted by Crippen LogP contribution is -2.42. The van der Waals surface area contributed by atoms with Crippen LogP contribution in [0.3, 0.4) is 0 Å². The Morgan fingerprint density at radius 2 is 1.92 bits per heavy atom. The van der Waals surface area contributed by atoms with Gasteiger partial charge in [0.15, 0.2) is 0 Å². The zero-order valence-electron chi connectivity index (χ0n) is 7.17. The third-order valence-corrected chi connectivity index (χ3v) is 4.02. The highest BCUT2D eigenvalue weighted by atomic mass is 127. The first-order valence-electron chi connectivity index (χ1n) is 4.73. The highest BCUT2D eigenvalue weighted by Gasteiger charge is 2.29. The summed E-state index contributed by atoms with van der Waals surface area (Å²) in [7, 11) is 0. The van der Waals surface area contributed by atoms with Gasteiger partial charge in [-0.25, -0.2) is 0 Å². The summed E-state index contributed by atoms with van der Waals surface area (Å²) >= 11 is 2.53. The molecule has 3 heteroatoms. The summed E-state index contributed by atoms with van der Waals surface area (Å²) in [6, 6.07) is 0. The Hall–Kier alpha value is 0.650. The Balaban J connectivity index is 1.76. The van der Waals surface area contributed by atoms with Crippen LogP contribution in [0.15, 0.2) is 0 Å². The summed E-state index contributed by atoms with van der Waals surface area (Å²) in [6.45, 7) is 1.64. The molecule has 0 radical (unpaired) electrons. The largest absolute Gasteiger partial charge is 0.376 e. The highest BCUT2D eigenvalue weighted by Crippen LogP contribution is 2.28. The van der Waals surface area contributed by atoms with Crippen LogP contribution in [-0.2, 0) is 9.47 Å². The minimum atomic E-state index is 0.408. The van der Waals surface area contributed by atoms with Crippen LogP contribution in [-0.4, -0.2) is 29.3 Å². The molecule has 1 saturated heterocycles. The molecular weight excluding hydrogens is 267 g/mol. The van der Waals surface area contributed by atoms with Crippen LogP contribution in [0.5, 0.6) is 0 Å². The molecule has 0 amide bonds. The fraction of sp³-hybridized carbons (Fsp3) is 1.00. The van der Waals surface area contributed by atoms with Crippen molar-refractivity contribution in [3.63, 3.8) is 0 Å². The molecule has 2 aliphatic rings. The fourth-order valence-electron chi connectivity index (χ4n) is 1.74. The maximum absolute atomic E-state index is 5.91. The number of alkyl halides is 1. The molecule has 1 aliphatic carbocycles. The fourth-order valence-corrected chi connectivity index (χ4v) is 2.71. The van der Waals surface area contributed by atoms with E-state index in [-0.39, 0.29) is 0 Å². The summed E-state index contributed by atoms with van der Waals surface area (Å²) < 4.78 is 11.7. The number of ether oxygens (including phenoxy) is 2. The minimum absolute atomic E-state index is 0.408. The Morgan fingerprint density at radius 1 is 1.17 bits per heavy atom. The van der Waals surface area contributed by atoms with E-state index in [9.17, 15) is 0 Å². The van der Waals surface area contributed by atoms with Crippen LogP contribution in [0, 0.1) is 0 Å². The molecular formula is C9H15IO2. The van der Waals surface area contributed by atoms with Crippen LogP contribution < -0.4 is 0 Å². The van der Waals surface area contributed by atoms with Gasteiger partial charge < -0.3 is 9.47 Å². The smallest absolute Gasteiger partial charge is 0.104 e. The summed E-state index contributed by atoms with van der Waals surface area (Å²) in [6.07, 6.45) is 6.23. The van der Waals surface area contributed by atoms with E-state index in [0.717, 1.165) is 17.1 Å². The average Bonchev–Trinajstić information content (AvgIpc) is 2.00. The van der Waals surface area contributed by atoms with E-state index in [4.69, 9.17) is 9.47 Å². The van der Waals surface area contributed by atoms with Crippen molar-refractivity contribution < 1.29 is 9.47 Å². The van der Waals surface area contributed by atoms with E-state index in [2.05, 4.69) is 22.6 Å². The first kappa shape index (κ1) is 9.21. The van der Waals surface area contributed by atoms with Crippen molar-refractivity contribution in [3.8, 4) is 0 Å². The lowest BCUT2D eigenvalue weighted by Gasteiger charge is -2.34. The monoisotopic (exact) mass is 282 g/mol. The summed E-state index contributed by atoms with van der Waals surface area (Å²) in [4.78, 5) is 0. The Bertz CT molecular complexity index is 147. The highest BCUT2D eigenvalue weighted by molar-refractivity contribution is 14.1. The lowest BCUT2D eigenvalue weighted by molar-refractivity contribution is -0.157. The van der Waals surface area contributed by atoms with Crippen molar-refractivity contribution in [2.45, 2.75) is 41.8 Å². The van der Waals surface area contributed by atoms with Gasteiger partial charge in [0, 0.05) is 3.92 Å². The third kappa shape index (κ3) is 2.12. The van der Waals surface area contributed by atoms with Crippen LogP contribution in [0.1, 0.15) is 25.7 Å². The lowest BCUT2D eigenvalue weighted by atomic mass is 9.97. The molecule has 12 heavy (non-hydrogen) atoms. The van der Waals surface area contributed by atoms with Gasteiger partial charge in [-0.15, -0.1) is 0 Å². The van der Waals surface area contributed by atoms with Gasteiger partial charge in [0.25, 0.3) is 0 Å². The minimum Gasteiger partial charge on any atom is -0.376 e. The quantitative estimate of drug-likeness (QED) is 0.570. The second kappa shape index (κ2) is 4.24. The SMILES string of the molecule is IC1CCCCC1OC1COC1. The van der Waals surface area contributed by atoms with Crippen LogP contribution in [0.4, 0.5) is 0 Å². The van der Waals surface area contributed by atoms with Gasteiger partial charge in [-0.1, -0.05) is 35.4 Å². The second-order valence-corrected chi connectivity index (χ2v) is 5.23. The van der Waals surface area contributed by atoms with E-state index in [0.29, 0.717) is 12.2 Å². The van der Waals surface area contributed by atoms with Gasteiger partial charge in [0.2, 0.25) is 0 Å². The molecule has 1 aliphatic heterocycles. The predicted molar refractivity (Wildman–Crippen MR) is 55.8 cm³/mol. The molecule has 1 saturated carbocycles. The van der Waals surface area contributed by atoms with Gasteiger partial charge in [-0.3, -0.25) is 0 Å². The zero-order valence-corrected chi connectivity index (χ0v) is 9.33. The number of halogens is 1. The Morgan fingerprint density at radius 3 is 2.50 bits per heavy atom. The van der Waals surface area contributed by atoms with Crippen molar-refractivity contribution in [1.82, 2.24) is 0 Å². The Labute approximate surface area is 87.1 Å². The number of hydrogen-bond donors (Lipinski definition) is 0. The molecule has 2 atom stereocenters. The molecule has 2 fully saturated rings. The summed E-state index contributed by atoms with van der Waals surface area (Å²) in [5, 5.41) is 0. The molecule has 0 aromatic carbocycles. The number of hydrogen-bond acceptors (Lipinski definition) is 2. The van der Waals surface area contributed by atoms with E-state index >= 15 is 0 Å². The van der Waals surface area contributed by atoms with Gasteiger partial charge in [-0.2, -0.15) is 0 Å². The van der Waals surface area contributed by atoms with E-state index in [1.54, 1.807) is 0 Å². The average molecular weight is 282 g/mol. The van der Waals surface area contributed by atoms with Crippen LogP contribution in [0.25, 0.3) is 0 Å². The molecule has 0 N–H and O–H groups in total. The van der Waals surface area contributed by atoms with Crippen molar-refractivity contribution in [2.75, 3.05) is 13.2 Å². The van der Waals surface area contributed by atoms with Crippen molar-refractivity contribution in [3.05, 3.63) is 0 Å². The maximum Gasteiger partial charge on any atom is 0.104 e. The molecule has 2 nitrogen and oxygen atoms in total. The summed E-state index contributed by atoms with van der Waals surface area (Å²) in [5.41, 5.74) is 0. The van der Waals surface area contributed by atoms with Gasteiger partial charge in [0.1, 0.15) is 6.10 Å². The molecule has 0 aromatic heterocycles. The maximum atomic E-state index is 5.91. The molecule has 0 bridgehead atoms. The van der Waals surface area contributed by atoms with E-state index < -0.39 is 0 Å². The van der Waals surface area contributed by atoms with E-state index in [1.165, 1.54) is 25.7 Å². The zero-order chi connectivity index (χ0) is 8.39. The van der Waals surface area contributed by atoms with Crippen LogP contribution in [0.2, 0.25) is 0 Å². The van der Waals surface area contributed by atoms with Crippen molar-refractivity contribution in [2.24, 2.45) is 0 Å². The normalized spacial score (nSPS) is 37.8. The molecule has 1 heterocycles. The summed E-state index contributed by atoms with van der Waals surface area (Å²) in [5.74, 6) is 0. The van der Waals surface area contributed by atoms with Crippen molar-refractivity contribution in [1.29, 1.82) is 0 Å². The molecule has 0 aromatic rings. The van der Waals surface area contributed by atoms with Crippen molar-refractivity contribution >= 4 is 22.6 Å². The first-order chi connectivity index (χ1) is 5.86. The van der Waals surface area contributed by atoms with E-state index in [1.807, 2.05) is 0 Å². The first-order valence-corrected chi connectivity index (χ1v) is 5.98. The van der Waals surface area contributed by atoms with Crippen LogP contribution >= 0.6 is 22.6 Å².